The van der Waals surface area contributed by atoms with Crippen LogP contribution in [0.3, 0.4) is 0 Å². The van der Waals surface area contributed by atoms with Crippen LogP contribution in [0.5, 0.6) is 0 Å². The summed E-state index contributed by atoms with van der Waals surface area (Å²) in [5.74, 6) is -0.784. The number of aromatic amines is 1. The molecule has 2 aromatic heterocycles. The van der Waals surface area contributed by atoms with Crippen molar-refractivity contribution in [1.29, 1.82) is 0 Å². The Kier molecular flexibility index (Phi) is 14.9. The van der Waals surface area contributed by atoms with Crippen LogP contribution in [0, 0.1) is 20.2 Å². The van der Waals surface area contributed by atoms with Crippen molar-refractivity contribution in [3.8, 4) is 22.5 Å². The van der Waals surface area contributed by atoms with E-state index in [0.717, 1.165) is 35.1 Å². The number of tetrazole rings is 1. The largest absolute Gasteiger partial charge is 0.511 e. The quantitative estimate of drug-likeness (QED) is 0.0413. The number of carbonyl (C=O) groups excluding carboxylic acids is 3. The summed E-state index contributed by atoms with van der Waals surface area (Å²) in [4.78, 5) is 72.5. The second-order valence-electron chi connectivity index (χ2n) is 13.4. The van der Waals surface area contributed by atoms with E-state index in [-0.39, 0.29) is 30.6 Å². The number of rotatable bonds is 21. The summed E-state index contributed by atoms with van der Waals surface area (Å²) in [5, 5.41) is 32.9. The van der Waals surface area contributed by atoms with E-state index in [4.69, 9.17) is 44.8 Å². The number of hydrogen-bond donors (Lipinski definition) is 1. The third kappa shape index (κ3) is 11.6. The molecular formula is C36H39ClN8O16. The van der Waals surface area contributed by atoms with E-state index in [1.165, 1.54) is 6.92 Å². The number of benzene rings is 2. The Labute approximate surface area is 349 Å². The fourth-order valence-electron chi connectivity index (χ4n) is 6.54. The highest BCUT2D eigenvalue weighted by Gasteiger charge is 2.51. The van der Waals surface area contributed by atoms with Gasteiger partial charge < -0.3 is 47.4 Å². The molecule has 0 spiro atoms. The maximum Gasteiger partial charge on any atom is 0.511 e. The number of fused-ring (bicyclic) bond motifs is 1. The number of halogens is 1. The maximum absolute atomic E-state index is 13.6. The molecule has 4 heterocycles. The Morgan fingerprint density at radius 1 is 0.967 bits per heavy atom. The Bertz CT molecular complexity index is 2160. The molecule has 3 unspecified atom stereocenters. The van der Waals surface area contributed by atoms with Gasteiger partial charge in [0, 0.05) is 25.5 Å². The first-order valence-electron chi connectivity index (χ1n) is 18.7. The topological polar surface area (TPSA) is 293 Å². The van der Waals surface area contributed by atoms with Gasteiger partial charge >= 0.3 is 18.1 Å². The van der Waals surface area contributed by atoms with Crippen molar-refractivity contribution in [2.45, 2.75) is 76.5 Å². The van der Waals surface area contributed by atoms with Gasteiger partial charge in [-0.05, 0) is 28.3 Å². The molecule has 0 saturated carbocycles. The van der Waals surface area contributed by atoms with Crippen molar-refractivity contribution >= 4 is 29.7 Å². The van der Waals surface area contributed by atoms with Crippen LogP contribution in [0.2, 0.25) is 5.15 Å². The number of unbranched alkanes of at least 4 members (excludes halogenated alkanes) is 1. The zero-order valence-corrected chi connectivity index (χ0v) is 33.2. The van der Waals surface area contributed by atoms with Gasteiger partial charge in [0.2, 0.25) is 12.1 Å². The molecule has 0 aliphatic carbocycles. The average Bonchev–Trinajstić information content (AvgIpc) is 4.03. The van der Waals surface area contributed by atoms with E-state index < -0.39 is 84.9 Å². The number of hydrogen-bond acceptors (Lipinski definition) is 20. The molecule has 2 saturated heterocycles. The van der Waals surface area contributed by atoms with Crippen LogP contribution < -0.4 is 0 Å². The van der Waals surface area contributed by atoms with Crippen LogP contribution in [-0.2, 0) is 60.6 Å². The number of imidazole rings is 1. The van der Waals surface area contributed by atoms with Crippen LogP contribution in [0.1, 0.15) is 48.6 Å². The summed E-state index contributed by atoms with van der Waals surface area (Å²) in [5.41, 5.74) is 3.40. The van der Waals surface area contributed by atoms with Gasteiger partial charge in [-0.15, -0.1) is 30.4 Å². The number of aryl methyl sites for hydroxylation is 1. The van der Waals surface area contributed by atoms with E-state index >= 15 is 0 Å². The molecule has 4 aromatic rings. The van der Waals surface area contributed by atoms with E-state index in [2.05, 4.69) is 35.3 Å². The van der Waals surface area contributed by atoms with Crippen LogP contribution in [-0.4, -0.2) is 128 Å². The number of nitrogens with one attached hydrogen (secondary N) is 1. The monoisotopic (exact) mass is 874 g/mol. The third-order valence-corrected chi connectivity index (χ3v) is 9.49. The SMILES string of the molecule is CCCCc1nc(Cl)c(C(=O)OC(C)OC(=O)O[C@H]2COC3C2OC[C@H]3OC(=O)COC[C@H](CO[N+](=O)[O-])O[N+](=O)[O-])n1Cc1ccc(-c2ccccc2-c2nn[nH]n2)cc1. The van der Waals surface area contributed by atoms with Crippen molar-refractivity contribution in [2.24, 2.45) is 0 Å². The number of nitrogens with zero attached hydrogens (tertiary/aromatic N) is 7. The maximum atomic E-state index is 13.6. The molecule has 0 radical (unpaired) electrons. The second-order valence-corrected chi connectivity index (χ2v) is 13.8. The van der Waals surface area contributed by atoms with Crippen molar-refractivity contribution < 1.29 is 67.4 Å². The van der Waals surface area contributed by atoms with Crippen molar-refractivity contribution in [3.63, 3.8) is 0 Å². The van der Waals surface area contributed by atoms with Crippen molar-refractivity contribution in [1.82, 2.24) is 30.2 Å². The minimum atomic E-state index is -1.49. The second kappa shape index (κ2) is 20.7. The van der Waals surface area contributed by atoms with Crippen LogP contribution in [0.25, 0.3) is 22.5 Å². The highest BCUT2D eigenvalue weighted by Crippen LogP contribution is 2.32. The predicted molar refractivity (Wildman–Crippen MR) is 201 cm³/mol. The summed E-state index contributed by atoms with van der Waals surface area (Å²) in [6, 6.07) is 15.4. The highest BCUT2D eigenvalue weighted by atomic mass is 35.5. The predicted octanol–water partition coefficient (Wildman–Crippen LogP) is 3.31. The lowest BCUT2D eigenvalue weighted by Gasteiger charge is -2.19. The van der Waals surface area contributed by atoms with Gasteiger partial charge in [-0.25, -0.2) is 19.4 Å². The Morgan fingerprint density at radius 2 is 1.67 bits per heavy atom. The lowest BCUT2D eigenvalue weighted by atomic mass is 9.98. The summed E-state index contributed by atoms with van der Waals surface area (Å²) < 4.78 is 39.4. The molecule has 0 amide bonds. The van der Waals surface area contributed by atoms with Crippen molar-refractivity contribution in [3.05, 3.63) is 91.0 Å². The van der Waals surface area contributed by atoms with Gasteiger partial charge in [0.15, 0.2) is 29.2 Å². The molecule has 2 fully saturated rings. The van der Waals surface area contributed by atoms with Gasteiger partial charge in [-0.1, -0.05) is 73.5 Å². The first kappa shape index (κ1) is 44.1. The summed E-state index contributed by atoms with van der Waals surface area (Å²) in [7, 11) is 0. The molecule has 2 aliphatic heterocycles. The van der Waals surface area contributed by atoms with E-state index in [0.29, 0.717) is 18.1 Å². The molecule has 2 aliphatic rings. The first-order valence-corrected chi connectivity index (χ1v) is 19.1. The summed E-state index contributed by atoms with van der Waals surface area (Å²) in [6.45, 7) is 1.15. The van der Waals surface area contributed by atoms with Crippen LogP contribution in [0.4, 0.5) is 4.79 Å². The molecule has 25 heteroatoms. The third-order valence-electron chi connectivity index (χ3n) is 9.22. The molecule has 0 bridgehead atoms. The number of aromatic nitrogens is 6. The molecule has 61 heavy (non-hydrogen) atoms. The molecule has 326 valence electrons. The average molecular weight is 875 g/mol. The van der Waals surface area contributed by atoms with Gasteiger partial charge in [0.05, 0.1) is 19.8 Å². The normalized spacial score (nSPS) is 19.0. The smallest absolute Gasteiger partial charge is 0.455 e. The molecule has 6 rings (SSSR count). The Balaban J connectivity index is 1.01. The van der Waals surface area contributed by atoms with E-state index in [9.17, 15) is 34.6 Å². The zero-order chi connectivity index (χ0) is 43.5. The van der Waals surface area contributed by atoms with Crippen LogP contribution >= 0.6 is 11.6 Å². The molecule has 24 nitrogen and oxygen atoms in total. The van der Waals surface area contributed by atoms with Gasteiger partial charge in [-0.2, -0.15) is 5.21 Å². The highest BCUT2D eigenvalue weighted by molar-refractivity contribution is 6.32. The minimum Gasteiger partial charge on any atom is -0.455 e. The summed E-state index contributed by atoms with van der Waals surface area (Å²) in [6.07, 6.45) is -5.58. The molecule has 1 N–H and O–H groups in total. The molecular weight excluding hydrogens is 836 g/mol. The number of H-pyrrole nitrogens is 1. The fraction of sp³-hybridized carbons (Fsp3) is 0.472. The zero-order valence-electron chi connectivity index (χ0n) is 32.5. The molecule has 6 atom stereocenters. The lowest BCUT2D eigenvalue weighted by molar-refractivity contribution is -0.790. The standard InChI is InChI=1S/C36H39ClN8O16/c1-3-4-9-28-38-33(37)30(43(28)14-21-10-12-22(13-11-21)24-7-5-6-8-25(24)34-39-41-42-40-34)35(47)57-20(2)58-36(48)60-27-18-55-31-26(17-54-32(27)31)59-29(46)19-53-15-23(61-45(51)52)16-56-44(49)50/h5-8,10-13,20,23,26-27,31-32H,3-4,9,14-19H2,1-2H3,(H,39,40,41,42)/t20?,23-,26-,27+,31?,32?/m1/s1. The van der Waals surface area contributed by atoms with Gasteiger partial charge in [-0.3, -0.25) is 0 Å². The molecule has 2 aromatic carbocycles. The first-order chi connectivity index (χ1) is 29.4. The number of esters is 2. The fourth-order valence-corrected chi connectivity index (χ4v) is 6.81. The van der Waals surface area contributed by atoms with Gasteiger partial charge in [0.25, 0.3) is 10.2 Å². The van der Waals surface area contributed by atoms with Gasteiger partial charge in [0.1, 0.15) is 31.2 Å². The Morgan fingerprint density at radius 3 is 2.33 bits per heavy atom. The minimum absolute atomic E-state index is 0.0333. The van der Waals surface area contributed by atoms with E-state index in [1.54, 1.807) is 4.57 Å². The van der Waals surface area contributed by atoms with Crippen LogP contribution in [0.15, 0.2) is 48.5 Å². The van der Waals surface area contributed by atoms with E-state index in [1.807, 2.05) is 55.5 Å². The summed E-state index contributed by atoms with van der Waals surface area (Å²) >= 11 is 6.53. The Hall–Kier alpha value is -6.50. The number of carbonyl (C=O) groups is 3. The lowest BCUT2D eigenvalue weighted by Crippen LogP contribution is -2.37. The number of ether oxygens (including phenoxy) is 7. The van der Waals surface area contributed by atoms with Crippen molar-refractivity contribution in [2.75, 3.05) is 33.0 Å².